The lowest BCUT2D eigenvalue weighted by Crippen LogP contribution is -2.55. The summed E-state index contributed by atoms with van der Waals surface area (Å²) in [6.07, 6.45) is 9.33. The van der Waals surface area contributed by atoms with Crippen molar-refractivity contribution in [3.63, 3.8) is 0 Å². The number of allylic oxidation sites excluding steroid dienone is 2. The van der Waals surface area contributed by atoms with Gasteiger partial charge in [-0.15, -0.1) is 0 Å². The summed E-state index contributed by atoms with van der Waals surface area (Å²) in [7, 11) is 3.64. The molecule has 4 aliphatic rings. The van der Waals surface area contributed by atoms with Crippen molar-refractivity contribution in [1.29, 1.82) is 0 Å². The van der Waals surface area contributed by atoms with Gasteiger partial charge in [0.15, 0.2) is 0 Å². The van der Waals surface area contributed by atoms with E-state index in [9.17, 15) is 9.59 Å². The smallest absolute Gasteiger partial charge is 0.226 e. The largest absolute Gasteiger partial charge is 0.496 e. The van der Waals surface area contributed by atoms with Gasteiger partial charge in [-0.3, -0.25) is 9.59 Å². The molecule has 1 aliphatic heterocycles. The van der Waals surface area contributed by atoms with Crippen LogP contribution in [-0.2, 0) is 15.1 Å². The van der Waals surface area contributed by atoms with Gasteiger partial charge in [0, 0.05) is 36.1 Å². The average molecular weight is 479 g/mol. The highest BCUT2D eigenvalue weighted by atomic mass is 16.5. The molecule has 1 N–H and O–H groups in total. The van der Waals surface area contributed by atoms with Crippen molar-refractivity contribution in [3.05, 3.63) is 41.6 Å². The summed E-state index contributed by atoms with van der Waals surface area (Å²) in [6, 6.07) is 7.97. The number of methoxy groups -OCH3 is 1. The van der Waals surface area contributed by atoms with Crippen molar-refractivity contribution in [3.8, 4) is 5.75 Å². The van der Waals surface area contributed by atoms with Crippen molar-refractivity contribution < 1.29 is 14.3 Å². The fourth-order valence-corrected chi connectivity index (χ4v) is 8.63. The molecular weight excluding hydrogens is 436 g/mol. The van der Waals surface area contributed by atoms with Gasteiger partial charge < -0.3 is 15.0 Å². The van der Waals surface area contributed by atoms with Gasteiger partial charge in [0.1, 0.15) is 5.75 Å². The number of carbonyl (C=O) groups is 2. The van der Waals surface area contributed by atoms with E-state index < -0.39 is 5.54 Å². The number of piperidine rings is 1. The molecule has 6 atom stereocenters. The minimum Gasteiger partial charge on any atom is -0.496 e. The van der Waals surface area contributed by atoms with Crippen molar-refractivity contribution in [2.24, 2.45) is 34.5 Å². The third-order valence-corrected chi connectivity index (χ3v) is 10.6. The van der Waals surface area contributed by atoms with Crippen LogP contribution in [0, 0.1) is 34.5 Å². The number of nitrogens with one attached hydrogen (secondary N) is 1. The topological polar surface area (TPSA) is 58.6 Å². The maximum absolute atomic E-state index is 13.8. The molecule has 1 heterocycles. The molecule has 35 heavy (non-hydrogen) atoms. The number of hydrogen-bond donors (Lipinski definition) is 1. The first-order valence-electron chi connectivity index (χ1n) is 13.5. The monoisotopic (exact) mass is 478 g/mol. The van der Waals surface area contributed by atoms with Crippen molar-refractivity contribution in [2.75, 3.05) is 14.2 Å². The standard InChI is InChI=1S/C30H42N2O3/c1-28(2,22-9-7-8-10-24(22)35-6)31-27(34)23-13-12-20-19-11-14-25-30(4,18-16-26(33)32(25)5)21(19)15-17-29(20,23)3/h7-10,14,19-21,23H,11-13,15-18H2,1-6H3,(H,31,34)/t19-,20-,21-,23+,29-,30+/m0/s1. The SMILES string of the molecule is COc1ccccc1C(C)(C)NC(=O)[C@H]1CC[C@H]2[C@@H]3CC=C4N(C)C(=O)CC[C@]4(C)[C@H]3CC[C@]12C. The molecule has 0 unspecified atom stereocenters. The lowest BCUT2D eigenvalue weighted by atomic mass is 9.49. The maximum Gasteiger partial charge on any atom is 0.226 e. The fraction of sp³-hybridized carbons (Fsp3) is 0.667. The quantitative estimate of drug-likeness (QED) is 0.608. The zero-order chi connectivity index (χ0) is 25.2. The Balaban J connectivity index is 1.37. The van der Waals surface area contributed by atoms with Crippen LogP contribution in [0.3, 0.4) is 0 Å². The third-order valence-electron chi connectivity index (χ3n) is 10.6. The first kappa shape index (κ1) is 24.4. The van der Waals surface area contributed by atoms with E-state index in [-0.39, 0.29) is 28.6 Å². The Morgan fingerprint density at radius 2 is 1.86 bits per heavy atom. The number of hydrogen-bond acceptors (Lipinski definition) is 3. The van der Waals surface area contributed by atoms with Crippen LogP contribution in [0.4, 0.5) is 0 Å². The van der Waals surface area contributed by atoms with Gasteiger partial charge in [-0.25, -0.2) is 0 Å². The van der Waals surface area contributed by atoms with E-state index in [1.165, 1.54) is 5.70 Å². The molecule has 0 radical (unpaired) electrons. The number of benzene rings is 1. The molecule has 0 bridgehead atoms. The number of carbonyl (C=O) groups excluding carboxylic acids is 2. The summed E-state index contributed by atoms with van der Waals surface area (Å²) < 4.78 is 5.59. The van der Waals surface area contributed by atoms with Crippen molar-refractivity contribution in [1.82, 2.24) is 10.2 Å². The maximum atomic E-state index is 13.8. The summed E-state index contributed by atoms with van der Waals surface area (Å²) in [5.74, 6) is 3.05. The Labute approximate surface area is 210 Å². The highest BCUT2D eigenvalue weighted by Crippen LogP contribution is 2.66. The Hall–Kier alpha value is -2.30. The second kappa shape index (κ2) is 8.38. The zero-order valence-corrected chi connectivity index (χ0v) is 22.3. The molecule has 1 aromatic rings. The first-order chi connectivity index (χ1) is 16.5. The van der Waals surface area contributed by atoms with Gasteiger partial charge in [0.05, 0.1) is 12.6 Å². The molecule has 5 nitrogen and oxygen atoms in total. The van der Waals surface area contributed by atoms with Gasteiger partial charge in [-0.2, -0.15) is 0 Å². The van der Waals surface area contributed by atoms with Gasteiger partial charge in [0.2, 0.25) is 11.8 Å². The second-order valence-corrected chi connectivity index (χ2v) is 12.6. The van der Waals surface area contributed by atoms with Crippen molar-refractivity contribution >= 4 is 11.8 Å². The van der Waals surface area contributed by atoms with E-state index in [0.717, 1.165) is 49.8 Å². The minimum absolute atomic E-state index is 0.0280. The zero-order valence-electron chi connectivity index (χ0n) is 22.3. The Morgan fingerprint density at radius 3 is 2.60 bits per heavy atom. The summed E-state index contributed by atoms with van der Waals surface area (Å²) in [5.41, 5.74) is 1.86. The summed E-state index contributed by atoms with van der Waals surface area (Å²) in [5, 5.41) is 3.41. The number of rotatable bonds is 4. The highest BCUT2D eigenvalue weighted by molar-refractivity contribution is 5.81. The van der Waals surface area contributed by atoms with Crippen LogP contribution in [0.15, 0.2) is 36.0 Å². The molecule has 5 heteroatoms. The lowest BCUT2D eigenvalue weighted by molar-refractivity contribution is -0.139. The summed E-state index contributed by atoms with van der Waals surface area (Å²) in [6.45, 7) is 8.93. The first-order valence-corrected chi connectivity index (χ1v) is 13.5. The van der Waals surface area contributed by atoms with Crippen molar-refractivity contribution in [2.45, 2.75) is 78.2 Å². The van der Waals surface area contributed by atoms with E-state index in [1.54, 1.807) is 7.11 Å². The average Bonchev–Trinajstić information content (AvgIpc) is 3.19. The highest BCUT2D eigenvalue weighted by Gasteiger charge is 2.60. The molecule has 0 spiro atoms. The summed E-state index contributed by atoms with van der Waals surface area (Å²) in [4.78, 5) is 28.1. The molecule has 5 rings (SSSR count). The van der Waals surface area contributed by atoms with Crippen LogP contribution in [0.5, 0.6) is 5.75 Å². The van der Waals surface area contributed by atoms with Crippen LogP contribution in [0.1, 0.15) is 78.2 Å². The second-order valence-electron chi connectivity index (χ2n) is 12.6. The van der Waals surface area contributed by atoms with E-state index >= 15 is 0 Å². The predicted molar refractivity (Wildman–Crippen MR) is 138 cm³/mol. The van der Waals surface area contributed by atoms with Crippen LogP contribution in [0.2, 0.25) is 0 Å². The molecule has 3 fully saturated rings. The normalized spacial score (nSPS) is 36.6. The van der Waals surface area contributed by atoms with E-state index in [4.69, 9.17) is 4.74 Å². The Morgan fingerprint density at radius 1 is 1.11 bits per heavy atom. The summed E-state index contributed by atoms with van der Waals surface area (Å²) >= 11 is 0. The fourth-order valence-electron chi connectivity index (χ4n) is 8.63. The molecule has 2 saturated carbocycles. The van der Waals surface area contributed by atoms with Gasteiger partial charge in [0.25, 0.3) is 0 Å². The van der Waals surface area contributed by atoms with Crippen LogP contribution in [-0.4, -0.2) is 30.9 Å². The number of amides is 2. The third kappa shape index (κ3) is 3.64. The minimum atomic E-state index is -0.509. The van der Waals surface area contributed by atoms with E-state index in [0.29, 0.717) is 24.2 Å². The molecule has 190 valence electrons. The molecule has 1 saturated heterocycles. The van der Waals surface area contributed by atoms with Gasteiger partial charge in [-0.1, -0.05) is 38.1 Å². The number of nitrogens with zero attached hydrogens (tertiary/aromatic N) is 1. The Kier molecular flexibility index (Phi) is 5.84. The van der Waals surface area contributed by atoms with Crippen LogP contribution in [0.25, 0.3) is 0 Å². The molecule has 1 aromatic carbocycles. The van der Waals surface area contributed by atoms with Crippen LogP contribution >= 0.6 is 0 Å². The number of likely N-dealkylation sites (tertiary alicyclic amines) is 1. The van der Waals surface area contributed by atoms with E-state index in [2.05, 4.69) is 39.1 Å². The number of fused-ring (bicyclic) bond motifs is 5. The number of ether oxygens (including phenoxy) is 1. The van der Waals surface area contributed by atoms with Gasteiger partial charge >= 0.3 is 0 Å². The molecule has 3 aliphatic carbocycles. The lowest BCUT2D eigenvalue weighted by Gasteiger charge is -2.58. The molecular formula is C30H42N2O3. The predicted octanol–water partition coefficient (Wildman–Crippen LogP) is 5.65. The molecule has 0 aromatic heterocycles. The molecule has 2 amide bonds. The van der Waals surface area contributed by atoms with Gasteiger partial charge in [-0.05, 0) is 81.6 Å². The number of para-hydroxylation sites is 1. The van der Waals surface area contributed by atoms with Crippen LogP contribution < -0.4 is 10.1 Å². The van der Waals surface area contributed by atoms with E-state index in [1.807, 2.05) is 36.2 Å². The Bertz CT molecular complexity index is 1060.